The number of hydrogen-bond donors (Lipinski definition) is 0. The summed E-state index contributed by atoms with van der Waals surface area (Å²) < 4.78 is 29.1. The molecule has 33 heavy (non-hydrogen) atoms. The summed E-state index contributed by atoms with van der Waals surface area (Å²) in [5.74, 6) is -0.282. The van der Waals surface area contributed by atoms with Crippen molar-refractivity contribution in [2.75, 3.05) is 0 Å². The average molecular weight is 476 g/mol. The van der Waals surface area contributed by atoms with Gasteiger partial charge in [0.1, 0.15) is 11.6 Å². The third-order valence-electron chi connectivity index (χ3n) is 5.66. The highest BCUT2D eigenvalue weighted by atomic mass is 32.2. The molecule has 0 aliphatic rings. The SMILES string of the molecule is CC(C)c1ccc2sc3ccc([S+](c4ccc(F)cc4)c4ccc(F)cc4)cc3c(=O)c2c1. The van der Waals surface area contributed by atoms with Crippen molar-refractivity contribution in [2.24, 2.45) is 0 Å². The van der Waals surface area contributed by atoms with Gasteiger partial charge in [-0.05, 0) is 84.3 Å². The summed E-state index contributed by atoms with van der Waals surface area (Å²) in [6.45, 7) is 4.23. The molecular formula is C28H21F2OS2+. The van der Waals surface area contributed by atoms with Crippen LogP contribution in [-0.2, 0) is 10.9 Å². The van der Waals surface area contributed by atoms with Gasteiger partial charge in [-0.1, -0.05) is 19.9 Å². The van der Waals surface area contributed by atoms with E-state index < -0.39 is 10.9 Å². The summed E-state index contributed by atoms with van der Waals surface area (Å²) >= 11 is 1.61. The highest BCUT2D eigenvalue weighted by molar-refractivity contribution is 7.97. The van der Waals surface area contributed by atoms with Crippen molar-refractivity contribution in [3.05, 3.63) is 112 Å². The summed E-state index contributed by atoms with van der Waals surface area (Å²) in [5, 5.41) is 1.41. The smallest absolute Gasteiger partial charge is 0.196 e. The standard InChI is InChI=1S/C28H21F2OS2/c1-17(2)18-3-13-26-24(15-18)28(31)25-16-23(12-14-27(25)32-26)33(21-8-4-19(29)5-9-21)22-10-6-20(30)7-11-22/h3-17H,1-2H3/q+1. The number of fused-ring (bicyclic) bond motifs is 2. The molecule has 1 aromatic heterocycles. The first-order valence-corrected chi connectivity index (χ1v) is 12.7. The minimum absolute atomic E-state index is 0.0184. The maximum Gasteiger partial charge on any atom is 0.196 e. The van der Waals surface area contributed by atoms with Crippen molar-refractivity contribution in [3.63, 3.8) is 0 Å². The maximum absolute atomic E-state index is 13.6. The number of halogens is 2. The molecule has 5 rings (SSSR count). The predicted molar refractivity (Wildman–Crippen MR) is 135 cm³/mol. The molecule has 0 saturated heterocycles. The summed E-state index contributed by atoms with van der Waals surface area (Å²) in [5.41, 5.74) is 1.16. The lowest BCUT2D eigenvalue weighted by Gasteiger charge is -2.10. The summed E-state index contributed by atoms with van der Waals surface area (Å²) in [6, 6.07) is 24.8. The molecule has 0 spiro atoms. The van der Waals surface area contributed by atoms with E-state index in [1.54, 1.807) is 35.6 Å². The molecule has 1 nitrogen and oxygen atoms in total. The van der Waals surface area contributed by atoms with Gasteiger partial charge in [-0.3, -0.25) is 4.79 Å². The molecular weight excluding hydrogens is 454 g/mol. The molecule has 5 heteroatoms. The number of rotatable bonds is 4. The van der Waals surface area contributed by atoms with Gasteiger partial charge >= 0.3 is 0 Å². The molecule has 0 N–H and O–H groups in total. The molecule has 0 fully saturated rings. The molecule has 0 amide bonds. The van der Waals surface area contributed by atoms with Crippen molar-refractivity contribution in [3.8, 4) is 0 Å². The molecule has 4 aromatic carbocycles. The predicted octanol–water partition coefficient (Wildman–Crippen LogP) is 7.91. The van der Waals surface area contributed by atoms with Crippen LogP contribution in [0.4, 0.5) is 8.78 Å². The summed E-state index contributed by atoms with van der Waals surface area (Å²) in [7, 11) is -0.609. The van der Waals surface area contributed by atoms with E-state index in [2.05, 4.69) is 19.9 Å². The van der Waals surface area contributed by atoms with E-state index in [9.17, 15) is 13.6 Å². The van der Waals surface area contributed by atoms with Crippen molar-refractivity contribution in [1.82, 2.24) is 0 Å². The van der Waals surface area contributed by atoms with E-state index in [0.717, 1.165) is 35.0 Å². The Morgan fingerprint density at radius 2 is 1.15 bits per heavy atom. The van der Waals surface area contributed by atoms with E-state index in [0.29, 0.717) is 11.3 Å². The zero-order valence-electron chi connectivity index (χ0n) is 18.1. The molecule has 0 saturated carbocycles. The van der Waals surface area contributed by atoms with Gasteiger partial charge in [-0.25, -0.2) is 8.78 Å². The molecule has 0 aliphatic heterocycles. The third kappa shape index (κ3) is 4.19. The Labute approximate surface area is 197 Å². The lowest BCUT2D eigenvalue weighted by Crippen LogP contribution is -2.07. The second-order valence-corrected chi connectivity index (χ2v) is 11.3. The third-order valence-corrected chi connectivity index (χ3v) is 9.03. The summed E-state index contributed by atoms with van der Waals surface area (Å²) in [6.07, 6.45) is 0. The second-order valence-electron chi connectivity index (χ2n) is 8.21. The normalized spacial score (nSPS) is 11.7. The van der Waals surface area contributed by atoms with E-state index in [-0.39, 0.29) is 17.1 Å². The van der Waals surface area contributed by atoms with Crippen molar-refractivity contribution in [1.29, 1.82) is 0 Å². The Balaban J connectivity index is 1.73. The highest BCUT2D eigenvalue weighted by Crippen LogP contribution is 2.34. The minimum Gasteiger partial charge on any atom is -0.288 e. The second kappa shape index (κ2) is 8.73. The van der Waals surface area contributed by atoms with Crippen LogP contribution < -0.4 is 5.43 Å². The summed E-state index contributed by atoms with van der Waals surface area (Å²) in [4.78, 5) is 16.3. The fourth-order valence-electron chi connectivity index (χ4n) is 3.89. The fraction of sp³-hybridized carbons (Fsp3) is 0.107. The molecule has 0 radical (unpaired) electrons. The van der Waals surface area contributed by atoms with E-state index >= 15 is 0 Å². The van der Waals surface area contributed by atoms with Crippen molar-refractivity contribution in [2.45, 2.75) is 34.5 Å². The molecule has 5 aromatic rings. The Morgan fingerprint density at radius 3 is 1.70 bits per heavy atom. The van der Waals surface area contributed by atoms with Crippen LogP contribution in [0.3, 0.4) is 0 Å². The first-order chi connectivity index (χ1) is 15.9. The van der Waals surface area contributed by atoms with Crippen LogP contribution in [0, 0.1) is 11.6 Å². The van der Waals surface area contributed by atoms with E-state index in [1.165, 1.54) is 24.3 Å². The molecule has 164 valence electrons. The first kappa shape index (κ1) is 21.8. The molecule has 0 atom stereocenters. The first-order valence-electron chi connectivity index (χ1n) is 10.7. The zero-order chi connectivity index (χ0) is 23.1. The van der Waals surface area contributed by atoms with Crippen LogP contribution >= 0.6 is 11.3 Å². The molecule has 0 bridgehead atoms. The van der Waals surface area contributed by atoms with E-state index in [4.69, 9.17) is 0 Å². The van der Waals surface area contributed by atoms with Gasteiger partial charge in [0.05, 0.1) is 10.9 Å². The largest absolute Gasteiger partial charge is 0.288 e. The van der Waals surface area contributed by atoms with Crippen LogP contribution in [0.5, 0.6) is 0 Å². The van der Waals surface area contributed by atoms with E-state index in [1.807, 2.05) is 30.3 Å². The molecule has 0 unspecified atom stereocenters. The Morgan fingerprint density at radius 1 is 0.667 bits per heavy atom. The van der Waals surface area contributed by atoms with Gasteiger partial charge in [-0.15, -0.1) is 11.3 Å². The molecule has 1 heterocycles. The average Bonchev–Trinajstić information content (AvgIpc) is 2.82. The van der Waals surface area contributed by atoms with Gasteiger partial charge in [0.25, 0.3) is 0 Å². The number of benzene rings is 4. The van der Waals surface area contributed by atoms with Gasteiger partial charge in [0, 0.05) is 26.2 Å². The van der Waals surface area contributed by atoms with Gasteiger partial charge in [0.15, 0.2) is 20.1 Å². The van der Waals surface area contributed by atoms with Crippen LogP contribution in [0.15, 0.2) is 104 Å². The lowest BCUT2D eigenvalue weighted by atomic mass is 10.0. The van der Waals surface area contributed by atoms with Crippen molar-refractivity contribution < 1.29 is 8.78 Å². The van der Waals surface area contributed by atoms with Crippen LogP contribution in [0.1, 0.15) is 25.3 Å². The van der Waals surface area contributed by atoms with Gasteiger partial charge in [0.2, 0.25) is 0 Å². The van der Waals surface area contributed by atoms with Crippen molar-refractivity contribution >= 4 is 42.4 Å². The van der Waals surface area contributed by atoms with Crippen LogP contribution in [0.25, 0.3) is 20.2 Å². The monoisotopic (exact) mass is 475 g/mol. The quantitative estimate of drug-likeness (QED) is 0.191. The lowest BCUT2D eigenvalue weighted by molar-refractivity contribution is 0.626. The molecule has 0 aliphatic carbocycles. The fourth-order valence-corrected chi connectivity index (χ4v) is 6.99. The topological polar surface area (TPSA) is 17.1 Å². The highest BCUT2D eigenvalue weighted by Gasteiger charge is 2.29. The zero-order valence-corrected chi connectivity index (χ0v) is 19.8. The Kier molecular flexibility index (Phi) is 5.77. The Hall–Kier alpha value is -3.02. The van der Waals surface area contributed by atoms with Crippen LogP contribution in [0.2, 0.25) is 0 Å². The van der Waals surface area contributed by atoms with Gasteiger partial charge in [-0.2, -0.15) is 0 Å². The Bertz CT molecular complexity index is 1480. The number of hydrogen-bond acceptors (Lipinski definition) is 2. The van der Waals surface area contributed by atoms with Gasteiger partial charge < -0.3 is 0 Å². The maximum atomic E-state index is 13.6. The van der Waals surface area contributed by atoms with Crippen LogP contribution in [-0.4, -0.2) is 0 Å². The minimum atomic E-state index is -0.609.